The van der Waals surface area contributed by atoms with E-state index in [0.29, 0.717) is 11.9 Å². The lowest BCUT2D eigenvalue weighted by atomic mass is 10.1. The van der Waals surface area contributed by atoms with E-state index in [1.807, 2.05) is 12.1 Å². The highest BCUT2D eigenvalue weighted by molar-refractivity contribution is 5.90. The zero-order valence-corrected chi connectivity index (χ0v) is 9.61. The molecule has 16 heavy (non-hydrogen) atoms. The Morgan fingerprint density at radius 3 is 2.62 bits per heavy atom. The fourth-order valence-corrected chi connectivity index (χ4v) is 2.85. The first-order chi connectivity index (χ1) is 7.77. The van der Waals surface area contributed by atoms with Gasteiger partial charge >= 0.3 is 0 Å². The fraction of sp³-hybridized carbons (Fsp3) is 0.429. The molecule has 0 unspecified atom stereocenters. The first-order valence-electron chi connectivity index (χ1n) is 6.06. The van der Waals surface area contributed by atoms with Gasteiger partial charge in [-0.3, -0.25) is 0 Å². The summed E-state index contributed by atoms with van der Waals surface area (Å²) in [4.78, 5) is 0. The highest BCUT2D eigenvalue weighted by Gasteiger charge is 2.20. The summed E-state index contributed by atoms with van der Waals surface area (Å²) >= 11 is 0. The van der Waals surface area contributed by atoms with E-state index in [9.17, 15) is 5.11 Å². The van der Waals surface area contributed by atoms with Gasteiger partial charge in [0.15, 0.2) is 5.88 Å². The third-order valence-electron chi connectivity index (χ3n) is 3.80. The maximum absolute atomic E-state index is 10.2. The van der Waals surface area contributed by atoms with Crippen LogP contribution in [-0.2, 0) is 0 Å². The van der Waals surface area contributed by atoms with Gasteiger partial charge in [0.25, 0.3) is 0 Å². The van der Waals surface area contributed by atoms with E-state index in [0.717, 1.165) is 5.39 Å². The zero-order valence-electron chi connectivity index (χ0n) is 9.61. The Hall–Kier alpha value is -1.44. The van der Waals surface area contributed by atoms with Crippen molar-refractivity contribution in [3.05, 3.63) is 30.0 Å². The second-order valence-electron chi connectivity index (χ2n) is 4.83. The molecule has 3 rings (SSSR count). The lowest BCUT2D eigenvalue weighted by molar-refractivity contribution is 0.387. The molecule has 2 nitrogen and oxygen atoms in total. The van der Waals surface area contributed by atoms with Crippen molar-refractivity contribution in [2.45, 2.75) is 38.6 Å². The summed E-state index contributed by atoms with van der Waals surface area (Å²) in [6, 6.07) is 6.62. The molecule has 1 aromatic carbocycles. The van der Waals surface area contributed by atoms with Crippen molar-refractivity contribution in [1.29, 1.82) is 0 Å². The Kier molecular flexibility index (Phi) is 2.16. The van der Waals surface area contributed by atoms with Crippen LogP contribution >= 0.6 is 0 Å². The molecule has 0 bridgehead atoms. The van der Waals surface area contributed by atoms with Gasteiger partial charge in [0.1, 0.15) is 0 Å². The largest absolute Gasteiger partial charge is 0.494 e. The zero-order chi connectivity index (χ0) is 11.1. The second-order valence-corrected chi connectivity index (χ2v) is 4.83. The van der Waals surface area contributed by atoms with Gasteiger partial charge in [-0.05, 0) is 31.4 Å². The highest BCUT2D eigenvalue weighted by Crippen LogP contribution is 2.37. The second kappa shape index (κ2) is 3.55. The van der Waals surface area contributed by atoms with Crippen molar-refractivity contribution >= 4 is 10.8 Å². The molecule has 2 aromatic rings. The smallest absolute Gasteiger partial charge is 0.199 e. The van der Waals surface area contributed by atoms with Crippen LogP contribution in [0.3, 0.4) is 0 Å². The van der Waals surface area contributed by atoms with E-state index >= 15 is 0 Å². The van der Waals surface area contributed by atoms with Crippen molar-refractivity contribution in [3.8, 4) is 5.88 Å². The Labute approximate surface area is 95.5 Å². The Morgan fingerprint density at radius 2 is 1.94 bits per heavy atom. The third-order valence-corrected chi connectivity index (χ3v) is 3.80. The molecule has 1 aliphatic rings. The minimum Gasteiger partial charge on any atom is -0.494 e. The minimum absolute atomic E-state index is 0.450. The summed E-state index contributed by atoms with van der Waals surface area (Å²) in [5.41, 5.74) is 1.24. The average molecular weight is 215 g/mol. The third kappa shape index (κ3) is 1.33. The Bertz CT molecular complexity index is 521. The highest BCUT2D eigenvalue weighted by atomic mass is 16.3. The van der Waals surface area contributed by atoms with Gasteiger partial charge in [0.2, 0.25) is 0 Å². The van der Waals surface area contributed by atoms with Crippen LogP contribution in [0.15, 0.2) is 24.4 Å². The van der Waals surface area contributed by atoms with Crippen LogP contribution in [0.2, 0.25) is 0 Å². The number of fused-ring (bicyclic) bond motifs is 1. The molecule has 0 amide bonds. The number of nitrogens with zero attached hydrogens (tertiary/aromatic N) is 1. The fourth-order valence-electron chi connectivity index (χ4n) is 2.85. The van der Waals surface area contributed by atoms with Crippen molar-refractivity contribution in [2.75, 3.05) is 0 Å². The van der Waals surface area contributed by atoms with Gasteiger partial charge in [-0.15, -0.1) is 0 Å². The van der Waals surface area contributed by atoms with Crippen LogP contribution in [0.4, 0.5) is 0 Å². The van der Waals surface area contributed by atoms with E-state index < -0.39 is 0 Å². The van der Waals surface area contributed by atoms with Crippen molar-refractivity contribution in [3.63, 3.8) is 0 Å². The topological polar surface area (TPSA) is 25.2 Å². The normalized spacial score (nSPS) is 17.3. The molecular weight excluding hydrogens is 198 g/mol. The van der Waals surface area contributed by atoms with Crippen LogP contribution in [0.25, 0.3) is 10.8 Å². The molecule has 1 aliphatic carbocycles. The van der Waals surface area contributed by atoms with E-state index in [1.54, 1.807) is 0 Å². The number of hydrogen-bond donors (Lipinski definition) is 1. The van der Waals surface area contributed by atoms with Crippen LogP contribution in [0.5, 0.6) is 5.88 Å². The van der Waals surface area contributed by atoms with Crippen LogP contribution in [0, 0.1) is 6.92 Å². The molecule has 0 spiro atoms. The number of aryl methyl sites for hydroxylation is 1. The summed E-state index contributed by atoms with van der Waals surface area (Å²) in [7, 11) is 0. The monoisotopic (exact) mass is 215 g/mol. The molecule has 1 heterocycles. The van der Waals surface area contributed by atoms with Gasteiger partial charge in [-0.25, -0.2) is 0 Å². The summed E-state index contributed by atoms with van der Waals surface area (Å²) in [5.74, 6) is 0.450. The molecule has 1 fully saturated rings. The van der Waals surface area contributed by atoms with E-state index in [-0.39, 0.29) is 0 Å². The van der Waals surface area contributed by atoms with Crippen molar-refractivity contribution < 1.29 is 5.11 Å². The van der Waals surface area contributed by atoms with Gasteiger partial charge in [0, 0.05) is 23.0 Å². The molecule has 84 valence electrons. The molecule has 1 aromatic heterocycles. The predicted octanol–water partition coefficient (Wildman–Crippen LogP) is 3.77. The Morgan fingerprint density at radius 1 is 1.19 bits per heavy atom. The summed E-state index contributed by atoms with van der Waals surface area (Å²) in [6.45, 7) is 2.10. The molecule has 0 radical (unpaired) electrons. The standard InChI is InChI=1S/C14H17NO/c1-10-5-4-8-12-13(10)9-15(14(12)16)11-6-2-3-7-11/h4-5,8-9,11,16H,2-3,6-7H2,1H3. The Balaban J connectivity index is 2.18. The van der Waals surface area contributed by atoms with E-state index in [1.165, 1.54) is 36.6 Å². The first-order valence-corrected chi connectivity index (χ1v) is 6.06. The molecule has 0 saturated heterocycles. The van der Waals surface area contributed by atoms with Gasteiger partial charge in [-0.1, -0.05) is 25.0 Å². The first kappa shape index (κ1) is 9.76. The quantitative estimate of drug-likeness (QED) is 0.769. The molecule has 2 heteroatoms. The molecule has 1 N–H and O–H groups in total. The summed E-state index contributed by atoms with van der Waals surface area (Å²) in [6.07, 6.45) is 7.10. The number of aromatic nitrogens is 1. The van der Waals surface area contributed by atoms with Crippen LogP contribution < -0.4 is 0 Å². The number of hydrogen-bond acceptors (Lipinski definition) is 1. The number of rotatable bonds is 1. The average Bonchev–Trinajstić information content (AvgIpc) is 2.88. The van der Waals surface area contributed by atoms with E-state index in [2.05, 4.69) is 23.8 Å². The predicted molar refractivity (Wildman–Crippen MR) is 65.8 cm³/mol. The molecule has 0 aliphatic heterocycles. The van der Waals surface area contributed by atoms with Crippen LogP contribution in [-0.4, -0.2) is 9.67 Å². The molecular formula is C14H17NO. The SMILES string of the molecule is Cc1cccc2c(O)n(C3CCCC3)cc12. The van der Waals surface area contributed by atoms with Crippen molar-refractivity contribution in [1.82, 2.24) is 4.57 Å². The van der Waals surface area contributed by atoms with Gasteiger partial charge in [-0.2, -0.15) is 0 Å². The molecule has 1 saturated carbocycles. The van der Waals surface area contributed by atoms with Crippen molar-refractivity contribution in [2.24, 2.45) is 0 Å². The lowest BCUT2D eigenvalue weighted by Gasteiger charge is -2.12. The number of aromatic hydroxyl groups is 1. The summed E-state index contributed by atoms with van der Waals surface area (Å²) in [5, 5.41) is 12.4. The minimum atomic E-state index is 0.450. The number of benzene rings is 1. The maximum atomic E-state index is 10.2. The lowest BCUT2D eigenvalue weighted by Crippen LogP contribution is -2.01. The van der Waals surface area contributed by atoms with E-state index in [4.69, 9.17) is 0 Å². The molecule has 0 atom stereocenters. The van der Waals surface area contributed by atoms with Gasteiger partial charge in [0.05, 0.1) is 0 Å². The van der Waals surface area contributed by atoms with Crippen LogP contribution in [0.1, 0.15) is 37.3 Å². The maximum Gasteiger partial charge on any atom is 0.199 e. The van der Waals surface area contributed by atoms with Gasteiger partial charge < -0.3 is 9.67 Å². The summed E-state index contributed by atoms with van der Waals surface area (Å²) < 4.78 is 2.07.